The van der Waals surface area contributed by atoms with Gasteiger partial charge in [0.1, 0.15) is 0 Å². The molecule has 1 aliphatic rings. The smallest absolute Gasteiger partial charge is 0.308 e. The molecule has 0 aromatic heterocycles. The molecule has 1 amide bonds. The predicted octanol–water partition coefficient (Wildman–Crippen LogP) is 3.41. The van der Waals surface area contributed by atoms with Gasteiger partial charge in [-0.3, -0.25) is 14.5 Å². The zero-order chi connectivity index (χ0) is 21.3. The van der Waals surface area contributed by atoms with E-state index in [0.717, 1.165) is 38.0 Å². The summed E-state index contributed by atoms with van der Waals surface area (Å²) in [6.45, 7) is 4.23. The van der Waals surface area contributed by atoms with E-state index >= 15 is 0 Å². The van der Waals surface area contributed by atoms with Crippen molar-refractivity contribution in [3.63, 3.8) is 0 Å². The van der Waals surface area contributed by atoms with Crippen LogP contribution in [0.1, 0.15) is 30.9 Å². The number of hydrogen-bond donors (Lipinski definition) is 1. The summed E-state index contributed by atoms with van der Waals surface area (Å²) in [5, 5.41) is 3.09. The van der Waals surface area contributed by atoms with Gasteiger partial charge in [-0.1, -0.05) is 36.4 Å². The lowest BCUT2D eigenvalue weighted by Gasteiger charge is -2.32. The van der Waals surface area contributed by atoms with Gasteiger partial charge in [-0.15, -0.1) is 0 Å². The summed E-state index contributed by atoms with van der Waals surface area (Å²) in [4.78, 5) is 25.9. The molecule has 6 nitrogen and oxygen atoms in total. The first kappa shape index (κ1) is 21.6. The van der Waals surface area contributed by atoms with Crippen molar-refractivity contribution in [1.82, 2.24) is 10.2 Å². The molecule has 2 aromatic carbocycles. The first-order valence-electron chi connectivity index (χ1n) is 10.1. The van der Waals surface area contributed by atoms with Crippen molar-refractivity contribution >= 4 is 18.0 Å². The van der Waals surface area contributed by atoms with Crippen LogP contribution in [0.4, 0.5) is 0 Å². The molecule has 0 atom stereocenters. The van der Waals surface area contributed by atoms with Crippen LogP contribution in [0.15, 0.2) is 54.6 Å². The van der Waals surface area contributed by atoms with Gasteiger partial charge >= 0.3 is 5.97 Å². The number of benzene rings is 2. The SMILES string of the molecule is COc1cc(/C=C/C(=O)NC2CCN(Cc3ccccc3)CC2)ccc1OC(C)=O. The van der Waals surface area contributed by atoms with Crippen LogP contribution in [0.5, 0.6) is 11.5 Å². The normalized spacial score (nSPS) is 15.1. The van der Waals surface area contributed by atoms with E-state index in [1.807, 2.05) is 6.07 Å². The molecule has 2 aromatic rings. The molecular weight excluding hydrogens is 380 g/mol. The van der Waals surface area contributed by atoms with E-state index < -0.39 is 5.97 Å². The Bertz CT molecular complexity index is 887. The van der Waals surface area contributed by atoms with E-state index in [1.54, 1.807) is 24.3 Å². The molecule has 0 aliphatic carbocycles. The van der Waals surface area contributed by atoms with E-state index in [-0.39, 0.29) is 11.9 Å². The fraction of sp³-hybridized carbons (Fsp3) is 0.333. The molecule has 30 heavy (non-hydrogen) atoms. The van der Waals surface area contributed by atoms with Crippen LogP contribution in [0.25, 0.3) is 6.08 Å². The predicted molar refractivity (Wildman–Crippen MR) is 116 cm³/mol. The number of likely N-dealkylation sites (tertiary alicyclic amines) is 1. The zero-order valence-corrected chi connectivity index (χ0v) is 17.5. The van der Waals surface area contributed by atoms with Crippen molar-refractivity contribution in [2.24, 2.45) is 0 Å². The third-order valence-corrected chi connectivity index (χ3v) is 5.05. The minimum Gasteiger partial charge on any atom is -0.493 e. The van der Waals surface area contributed by atoms with Gasteiger partial charge in [0.05, 0.1) is 7.11 Å². The van der Waals surface area contributed by atoms with Crippen LogP contribution in [0.2, 0.25) is 0 Å². The van der Waals surface area contributed by atoms with Crippen molar-refractivity contribution in [1.29, 1.82) is 0 Å². The van der Waals surface area contributed by atoms with E-state index in [0.29, 0.717) is 11.5 Å². The summed E-state index contributed by atoms with van der Waals surface area (Å²) in [5.41, 5.74) is 2.11. The molecular formula is C24H28N2O4. The van der Waals surface area contributed by atoms with E-state index in [4.69, 9.17) is 9.47 Å². The fourth-order valence-electron chi connectivity index (χ4n) is 3.53. The van der Waals surface area contributed by atoms with Gasteiger partial charge in [-0.05, 0) is 42.2 Å². The van der Waals surface area contributed by atoms with Gasteiger partial charge in [-0.2, -0.15) is 0 Å². The van der Waals surface area contributed by atoms with Crippen molar-refractivity contribution in [2.75, 3.05) is 20.2 Å². The Hall–Kier alpha value is -3.12. The zero-order valence-electron chi connectivity index (χ0n) is 17.5. The largest absolute Gasteiger partial charge is 0.493 e. The minimum absolute atomic E-state index is 0.112. The Balaban J connectivity index is 1.47. The van der Waals surface area contributed by atoms with Crippen molar-refractivity contribution in [2.45, 2.75) is 32.4 Å². The second kappa shape index (κ2) is 10.6. The second-order valence-electron chi connectivity index (χ2n) is 7.38. The first-order valence-corrected chi connectivity index (χ1v) is 10.1. The van der Waals surface area contributed by atoms with E-state index in [2.05, 4.69) is 34.5 Å². The second-order valence-corrected chi connectivity index (χ2v) is 7.38. The summed E-state index contributed by atoms with van der Waals surface area (Å²) < 4.78 is 10.3. The third-order valence-electron chi connectivity index (χ3n) is 5.05. The highest BCUT2D eigenvalue weighted by Crippen LogP contribution is 2.28. The molecule has 0 saturated carbocycles. The summed E-state index contributed by atoms with van der Waals surface area (Å²) >= 11 is 0. The average Bonchev–Trinajstić information content (AvgIpc) is 2.75. The molecule has 0 spiro atoms. The summed E-state index contributed by atoms with van der Waals surface area (Å²) in [6.07, 6.45) is 5.13. The average molecular weight is 408 g/mol. The number of carbonyl (C=O) groups excluding carboxylic acids is 2. The monoisotopic (exact) mass is 408 g/mol. The lowest BCUT2D eigenvalue weighted by atomic mass is 10.0. The lowest BCUT2D eigenvalue weighted by molar-refractivity contribution is -0.132. The van der Waals surface area contributed by atoms with Gasteiger partial charge < -0.3 is 14.8 Å². The van der Waals surface area contributed by atoms with Gasteiger partial charge in [0, 0.05) is 38.7 Å². The number of piperidine rings is 1. The van der Waals surface area contributed by atoms with Crippen molar-refractivity contribution in [3.05, 3.63) is 65.7 Å². The molecule has 1 N–H and O–H groups in total. The number of carbonyl (C=O) groups is 2. The molecule has 3 rings (SSSR count). The summed E-state index contributed by atoms with van der Waals surface area (Å²) in [6, 6.07) is 15.8. The number of amides is 1. The molecule has 1 heterocycles. The molecule has 0 bridgehead atoms. The lowest BCUT2D eigenvalue weighted by Crippen LogP contribution is -2.43. The van der Waals surface area contributed by atoms with Crippen LogP contribution in [-0.2, 0) is 16.1 Å². The number of hydrogen-bond acceptors (Lipinski definition) is 5. The first-order chi connectivity index (χ1) is 14.5. The maximum atomic E-state index is 12.3. The quantitative estimate of drug-likeness (QED) is 0.432. The van der Waals surface area contributed by atoms with E-state index in [9.17, 15) is 9.59 Å². The minimum atomic E-state index is -0.411. The Morgan fingerprint density at radius 2 is 1.83 bits per heavy atom. The number of rotatable bonds is 7. The Morgan fingerprint density at radius 1 is 1.10 bits per heavy atom. The number of methoxy groups -OCH3 is 1. The third kappa shape index (κ3) is 6.46. The van der Waals surface area contributed by atoms with Gasteiger partial charge in [0.25, 0.3) is 0 Å². The molecule has 6 heteroatoms. The summed E-state index contributed by atoms with van der Waals surface area (Å²) in [7, 11) is 1.51. The van der Waals surface area contributed by atoms with Crippen LogP contribution < -0.4 is 14.8 Å². The Kier molecular flexibility index (Phi) is 7.63. The van der Waals surface area contributed by atoms with Crippen LogP contribution in [0, 0.1) is 0 Å². The maximum Gasteiger partial charge on any atom is 0.308 e. The van der Waals surface area contributed by atoms with Crippen molar-refractivity contribution in [3.8, 4) is 11.5 Å². The Labute approximate surface area is 177 Å². The number of nitrogens with zero attached hydrogens (tertiary/aromatic N) is 1. The van der Waals surface area contributed by atoms with Crippen molar-refractivity contribution < 1.29 is 19.1 Å². The summed E-state index contributed by atoms with van der Waals surface area (Å²) in [5.74, 6) is 0.276. The van der Waals surface area contributed by atoms with Gasteiger partial charge in [0.15, 0.2) is 11.5 Å². The number of esters is 1. The topological polar surface area (TPSA) is 67.9 Å². The van der Waals surface area contributed by atoms with Crippen LogP contribution in [-0.4, -0.2) is 43.0 Å². The molecule has 0 radical (unpaired) electrons. The molecule has 1 saturated heterocycles. The fourth-order valence-corrected chi connectivity index (χ4v) is 3.53. The number of ether oxygens (including phenoxy) is 2. The van der Waals surface area contributed by atoms with Crippen LogP contribution >= 0.6 is 0 Å². The highest BCUT2D eigenvalue weighted by Gasteiger charge is 2.20. The molecule has 158 valence electrons. The Morgan fingerprint density at radius 3 is 2.50 bits per heavy atom. The van der Waals surface area contributed by atoms with Crippen LogP contribution in [0.3, 0.4) is 0 Å². The highest BCUT2D eigenvalue weighted by molar-refractivity contribution is 5.92. The van der Waals surface area contributed by atoms with Gasteiger partial charge in [0.2, 0.25) is 5.91 Å². The van der Waals surface area contributed by atoms with E-state index in [1.165, 1.54) is 25.7 Å². The molecule has 1 aliphatic heterocycles. The molecule has 1 fully saturated rings. The molecule has 0 unspecified atom stereocenters. The van der Waals surface area contributed by atoms with Gasteiger partial charge in [-0.25, -0.2) is 0 Å². The highest BCUT2D eigenvalue weighted by atomic mass is 16.6. The standard InChI is InChI=1S/C24H28N2O4/c1-18(27)30-22-10-8-19(16-23(22)29-2)9-11-24(28)25-21-12-14-26(15-13-21)17-20-6-4-3-5-7-20/h3-11,16,21H,12-15,17H2,1-2H3,(H,25,28)/b11-9+. The maximum absolute atomic E-state index is 12.3. The number of nitrogens with one attached hydrogen (secondary N) is 1.